The molecule has 1 aromatic carbocycles. The van der Waals surface area contributed by atoms with E-state index >= 15 is 0 Å². The van der Waals surface area contributed by atoms with Crippen LogP contribution in [0.2, 0.25) is 0 Å². The van der Waals surface area contributed by atoms with Crippen molar-refractivity contribution in [1.29, 1.82) is 0 Å². The van der Waals surface area contributed by atoms with Gasteiger partial charge in [-0.25, -0.2) is 0 Å². The molecule has 0 saturated heterocycles. The fraction of sp³-hybridized carbons (Fsp3) is 0.0769. The second kappa shape index (κ2) is 6.10. The van der Waals surface area contributed by atoms with Gasteiger partial charge in [-0.2, -0.15) is 0 Å². The van der Waals surface area contributed by atoms with E-state index in [0.717, 1.165) is 5.56 Å². The van der Waals surface area contributed by atoms with Gasteiger partial charge in [-0.05, 0) is 11.6 Å². The number of benzene rings is 1. The molecule has 0 spiro atoms. The molecule has 0 amide bonds. The first kappa shape index (κ1) is 11.6. The molecule has 0 aliphatic carbocycles. The smallest absolute Gasteiger partial charge is 0.131 e. The molecular formula is C13H13ClO. The van der Waals surface area contributed by atoms with E-state index in [9.17, 15) is 0 Å². The third kappa shape index (κ3) is 4.05. The van der Waals surface area contributed by atoms with E-state index < -0.39 is 0 Å². The van der Waals surface area contributed by atoms with E-state index in [-0.39, 0.29) is 0 Å². The summed E-state index contributed by atoms with van der Waals surface area (Å²) in [7, 11) is 0. The molecule has 1 nitrogen and oxygen atoms in total. The highest BCUT2D eigenvalue weighted by Gasteiger charge is 1.99. The maximum atomic E-state index is 5.86. The molecule has 15 heavy (non-hydrogen) atoms. The SMILES string of the molecule is C=C/C=C(/Cl)C(=C)OCc1ccccc1. The van der Waals surface area contributed by atoms with Crippen molar-refractivity contribution < 1.29 is 4.74 Å². The topological polar surface area (TPSA) is 9.23 Å². The van der Waals surface area contributed by atoms with Crippen LogP contribution in [0.3, 0.4) is 0 Å². The van der Waals surface area contributed by atoms with Gasteiger partial charge in [0.15, 0.2) is 0 Å². The van der Waals surface area contributed by atoms with Crippen LogP contribution in [-0.4, -0.2) is 0 Å². The first-order valence-electron chi connectivity index (χ1n) is 4.58. The largest absolute Gasteiger partial charge is 0.488 e. The molecule has 0 aromatic heterocycles. The van der Waals surface area contributed by atoms with Crippen molar-refractivity contribution in [3.05, 3.63) is 72.0 Å². The van der Waals surface area contributed by atoms with E-state index in [4.69, 9.17) is 16.3 Å². The average molecular weight is 221 g/mol. The van der Waals surface area contributed by atoms with E-state index in [1.807, 2.05) is 30.3 Å². The highest BCUT2D eigenvalue weighted by Crippen LogP contribution is 2.15. The summed E-state index contributed by atoms with van der Waals surface area (Å²) in [6, 6.07) is 9.85. The van der Waals surface area contributed by atoms with Crippen LogP contribution < -0.4 is 0 Å². The Hall–Kier alpha value is -1.47. The quantitative estimate of drug-likeness (QED) is 0.538. The Balaban J connectivity index is 2.48. The minimum Gasteiger partial charge on any atom is -0.488 e. The lowest BCUT2D eigenvalue weighted by Gasteiger charge is -2.07. The molecule has 0 bridgehead atoms. The maximum absolute atomic E-state index is 5.86. The van der Waals surface area contributed by atoms with E-state index in [1.165, 1.54) is 0 Å². The number of ether oxygens (including phenoxy) is 1. The molecule has 0 aliphatic heterocycles. The first-order chi connectivity index (χ1) is 7.24. The molecular weight excluding hydrogens is 208 g/mol. The zero-order valence-corrected chi connectivity index (χ0v) is 9.20. The monoisotopic (exact) mass is 220 g/mol. The molecule has 0 atom stereocenters. The van der Waals surface area contributed by atoms with Crippen molar-refractivity contribution in [1.82, 2.24) is 0 Å². The van der Waals surface area contributed by atoms with Crippen molar-refractivity contribution in [3.8, 4) is 0 Å². The van der Waals surface area contributed by atoms with Gasteiger partial charge in [0, 0.05) is 0 Å². The Labute approximate surface area is 95.3 Å². The summed E-state index contributed by atoms with van der Waals surface area (Å²) >= 11 is 5.86. The van der Waals surface area contributed by atoms with Crippen molar-refractivity contribution in [3.63, 3.8) is 0 Å². The second-order valence-electron chi connectivity index (χ2n) is 2.95. The summed E-state index contributed by atoms with van der Waals surface area (Å²) in [4.78, 5) is 0. The number of hydrogen-bond acceptors (Lipinski definition) is 1. The lowest BCUT2D eigenvalue weighted by atomic mass is 10.2. The number of allylic oxidation sites excluding steroid dienone is 3. The molecule has 78 valence electrons. The molecule has 0 radical (unpaired) electrons. The lowest BCUT2D eigenvalue weighted by Crippen LogP contribution is -1.92. The van der Waals surface area contributed by atoms with Crippen LogP contribution in [0.1, 0.15) is 5.56 Å². The first-order valence-corrected chi connectivity index (χ1v) is 4.96. The zero-order valence-electron chi connectivity index (χ0n) is 8.45. The fourth-order valence-electron chi connectivity index (χ4n) is 1.01. The molecule has 0 N–H and O–H groups in total. The summed E-state index contributed by atoms with van der Waals surface area (Å²) in [6.07, 6.45) is 3.24. The fourth-order valence-corrected chi connectivity index (χ4v) is 1.15. The third-order valence-corrected chi connectivity index (χ3v) is 2.12. The van der Waals surface area contributed by atoms with Crippen LogP contribution in [0, 0.1) is 0 Å². The van der Waals surface area contributed by atoms with Crippen LogP contribution in [0.5, 0.6) is 0 Å². The summed E-state index contributed by atoms with van der Waals surface area (Å²) in [6.45, 7) is 7.73. The minimum absolute atomic E-state index is 0.459. The highest BCUT2D eigenvalue weighted by atomic mass is 35.5. The van der Waals surface area contributed by atoms with Crippen molar-refractivity contribution >= 4 is 11.6 Å². The van der Waals surface area contributed by atoms with Gasteiger partial charge in [0.25, 0.3) is 0 Å². The van der Waals surface area contributed by atoms with Gasteiger partial charge in [0.05, 0.1) is 5.03 Å². The highest BCUT2D eigenvalue weighted by molar-refractivity contribution is 6.31. The predicted molar refractivity (Wildman–Crippen MR) is 64.5 cm³/mol. The normalized spacial score (nSPS) is 10.9. The van der Waals surface area contributed by atoms with Gasteiger partial charge in [0.1, 0.15) is 12.4 Å². The van der Waals surface area contributed by atoms with Crippen LogP contribution >= 0.6 is 11.6 Å². The molecule has 0 aliphatic rings. The van der Waals surface area contributed by atoms with Crippen LogP contribution in [0.15, 0.2) is 66.4 Å². The molecule has 0 heterocycles. The summed E-state index contributed by atoms with van der Waals surface area (Å²) in [5.41, 5.74) is 1.08. The summed E-state index contributed by atoms with van der Waals surface area (Å²) in [5.74, 6) is 0.459. The Morgan fingerprint density at radius 1 is 1.33 bits per heavy atom. The number of halogens is 1. The Bertz CT molecular complexity index is 365. The molecule has 0 unspecified atom stereocenters. The molecule has 0 saturated carbocycles. The molecule has 1 rings (SSSR count). The number of rotatable bonds is 5. The van der Waals surface area contributed by atoms with Gasteiger partial charge in [0.2, 0.25) is 0 Å². The molecule has 2 heteroatoms. The predicted octanol–water partition coefficient (Wildman–Crippen LogP) is 4.03. The van der Waals surface area contributed by atoms with Gasteiger partial charge >= 0.3 is 0 Å². The Morgan fingerprint density at radius 3 is 2.60 bits per heavy atom. The van der Waals surface area contributed by atoms with Gasteiger partial charge in [-0.15, -0.1) is 0 Å². The van der Waals surface area contributed by atoms with E-state index in [1.54, 1.807) is 12.2 Å². The average Bonchev–Trinajstić information content (AvgIpc) is 2.27. The Morgan fingerprint density at radius 2 is 2.00 bits per heavy atom. The number of hydrogen-bond donors (Lipinski definition) is 0. The van der Waals surface area contributed by atoms with E-state index in [2.05, 4.69) is 13.2 Å². The van der Waals surface area contributed by atoms with Crippen LogP contribution in [-0.2, 0) is 11.3 Å². The van der Waals surface area contributed by atoms with Crippen LogP contribution in [0.4, 0.5) is 0 Å². The molecule has 0 fully saturated rings. The van der Waals surface area contributed by atoms with Gasteiger partial charge in [-0.3, -0.25) is 0 Å². The zero-order chi connectivity index (χ0) is 11.1. The summed E-state index contributed by atoms with van der Waals surface area (Å²) in [5, 5.41) is 0.473. The maximum Gasteiger partial charge on any atom is 0.131 e. The lowest BCUT2D eigenvalue weighted by molar-refractivity contribution is 0.211. The van der Waals surface area contributed by atoms with Crippen LogP contribution in [0.25, 0.3) is 0 Å². The minimum atomic E-state index is 0.459. The third-order valence-electron chi connectivity index (χ3n) is 1.79. The summed E-state index contributed by atoms with van der Waals surface area (Å²) < 4.78 is 5.40. The van der Waals surface area contributed by atoms with E-state index in [0.29, 0.717) is 17.4 Å². The van der Waals surface area contributed by atoms with Crippen molar-refractivity contribution in [2.75, 3.05) is 0 Å². The van der Waals surface area contributed by atoms with Gasteiger partial charge in [-0.1, -0.05) is 61.2 Å². The molecule has 1 aromatic rings. The van der Waals surface area contributed by atoms with Crippen molar-refractivity contribution in [2.24, 2.45) is 0 Å². The van der Waals surface area contributed by atoms with Gasteiger partial charge < -0.3 is 4.74 Å². The second-order valence-corrected chi connectivity index (χ2v) is 3.35. The van der Waals surface area contributed by atoms with Crippen molar-refractivity contribution in [2.45, 2.75) is 6.61 Å². The standard InChI is InChI=1S/C13H13ClO/c1-3-7-13(14)11(2)15-10-12-8-5-4-6-9-12/h3-9H,1-2,10H2/b13-7+. The Kier molecular flexibility index (Phi) is 4.72.